The van der Waals surface area contributed by atoms with Crippen LogP contribution in [0.15, 0.2) is 46.3 Å². The molecule has 0 radical (unpaired) electrons. The fourth-order valence-corrected chi connectivity index (χ4v) is 3.49. The van der Waals surface area contributed by atoms with Gasteiger partial charge < -0.3 is 0 Å². The summed E-state index contributed by atoms with van der Waals surface area (Å²) < 4.78 is 16.1. The molecular weight excluding hydrogens is 359 g/mol. The summed E-state index contributed by atoms with van der Waals surface area (Å²) >= 11 is 3.64. The van der Waals surface area contributed by atoms with Gasteiger partial charge in [0.1, 0.15) is 0 Å². The molecule has 6 heteroatoms. The Hall–Kier alpha value is -2.08. The van der Waals surface area contributed by atoms with E-state index in [1.54, 1.807) is 12.4 Å². The quantitative estimate of drug-likeness (QED) is 0.651. The molecule has 3 aromatic rings. The standard InChI is InChI=1S/C17H14BrFN4/c1-17(2)6-12-11(4-3-5-13(12)18)15(22-17)10-7-20-16-14(19)8-21-23(16)9-10/h3-5,7-9H,6H2,1-2H3. The number of rotatable bonds is 1. The molecule has 0 saturated heterocycles. The number of hydrogen-bond acceptors (Lipinski definition) is 3. The molecular formula is C17H14BrFN4. The molecule has 0 atom stereocenters. The second-order valence-electron chi connectivity index (χ2n) is 6.32. The van der Waals surface area contributed by atoms with Crippen molar-refractivity contribution in [2.24, 2.45) is 4.99 Å². The second kappa shape index (κ2) is 4.96. The largest absolute Gasteiger partial charge is 0.278 e. The zero-order chi connectivity index (χ0) is 16.2. The molecule has 1 aromatic carbocycles. The summed E-state index contributed by atoms with van der Waals surface area (Å²) in [7, 11) is 0. The summed E-state index contributed by atoms with van der Waals surface area (Å²) in [5.41, 5.74) is 4.01. The minimum Gasteiger partial charge on any atom is -0.278 e. The van der Waals surface area contributed by atoms with Crippen LogP contribution in [-0.4, -0.2) is 25.8 Å². The van der Waals surface area contributed by atoms with E-state index in [0.29, 0.717) is 0 Å². The third-order valence-electron chi connectivity index (χ3n) is 3.98. The highest BCUT2D eigenvalue weighted by molar-refractivity contribution is 9.10. The molecule has 23 heavy (non-hydrogen) atoms. The third-order valence-corrected chi connectivity index (χ3v) is 4.73. The van der Waals surface area contributed by atoms with E-state index in [1.807, 2.05) is 12.1 Å². The van der Waals surface area contributed by atoms with Crippen molar-refractivity contribution < 1.29 is 4.39 Å². The Kier molecular flexibility index (Phi) is 3.13. The summed E-state index contributed by atoms with van der Waals surface area (Å²) in [6.07, 6.45) is 5.46. The Balaban J connectivity index is 1.95. The minimum atomic E-state index is -0.425. The maximum atomic E-state index is 13.6. The summed E-state index contributed by atoms with van der Waals surface area (Å²) in [6.45, 7) is 4.21. The van der Waals surface area contributed by atoms with Crippen LogP contribution in [0.5, 0.6) is 0 Å². The van der Waals surface area contributed by atoms with E-state index >= 15 is 0 Å². The number of benzene rings is 1. The first-order valence-electron chi connectivity index (χ1n) is 7.31. The predicted molar refractivity (Wildman–Crippen MR) is 90.5 cm³/mol. The lowest BCUT2D eigenvalue weighted by Gasteiger charge is -2.29. The molecule has 0 aliphatic carbocycles. The number of nitrogens with zero attached hydrogens (tertiary/aromatic N) is 4. The first-order valence-corrected chi connectivity index (χ1v) is 8.11. The van der Waals surface area contributed by atoms with E-state index in [2.05, 4.69) is 45.9 Å². The van der Waals surface area contributed by atoms with Gasteiger partial charge in [-0.2, -0.15) is 5.10 Å². The van der Waals surface area contributed by atoms with E-state index < -0.39 is 5.82 Å². The second-order valence-corrected chi connectivity index (χ2v) is 7.17. The van der Waals surface area contributed by atoms with E-state index in [0.717, 1.165) is 27.7 Å². The summed E-state index contributed by atoms with van der Waals surface area (Å²) in [5, 5.41) is 4.00. The van der Waals surface area contributed by atoms with Crippen LogP contribution in [0.2, 0.25) is 0 Å². The van der Waals surface area contributed by atoms with Crippen molar-refractivity contribution in [3.8, 4) is 0 Å². The van der Waals surface area contributed by atoms with E-state index in [9.17, 15) is 4.39 Å². The lowest BCUT2D eigenvalue weighted by molar-refractivity contribution is 0.512. The van der Waals surface area contributed by atoms with Crippen molar-refractivity contribution in [3.63, 3.8) is 0 Å². The van der Waals surface area contributed by atoms with Crippen LogP contribution in [0, 0.1) is 5.82 Å². The molecule has 0 spiro atoms. The first kappa shape index (κ1) is 14.5. The van der Waals surface area contributed by atoms with Gasteiger partial charge in [-0.15, -0.1) is 0 Å². The molecule has 116 valence electrons. The summed E-state index contributed by atoms with van der Waals surface area (Å²) in [4.78, 5) is 9.09. The number of fused-ring (bicyclic) bond motifs is 2. The van der Waals surface area contributed by atoms with Crippen LogP contribution in [0.4, 0.5) is 4.39 Å². The monoisotopic (exact) mass is 372 g/mol. The minimum absolute atomic E-state index is 0.212. The highest BCUT2D eigenvalue weighted by atomic mass is 79.9. The lowest BCUT2D eigenvalue weighted by Crippen LogP contribution is -2.30. The molecule has 0 N–H and O–H groups in total. The van der Waals surface area contributed by atoms with Crippen LogP contribution >= 0.6 is 15.9 Å². The smallest absolute Gasteiger partial charge is 0.191 e. The van der Waals surface area contributed by atoms with Crippen molar-refractivity contribution >= 4 is 27.3 Å². The van der Waals surface area contributed by atoms with Crippen LogP contribution in [0.25, 0.3) is 5.65 Å². The number of aromatic nitrogens is 3. The zero-order valence-electron chi connectivity index (χ0n) is 12.7. The van der Waals surface area contributed by atoms with Gasteiger partial charge in [-0.3, -0.25) is 4.99 Å². The van der Waals surface area contributed by atoms with Crippen molar-refractivity contribution in [1.82, 2.24) is 14.6 Å². The number of hydrogen-bond donors (Lipinski definition) is 0. The van der Waals surface area contributed by atoms with Gasteiger partial charge in [0.05, 0.1) is 17.4 Å². The Morgan fingerprint density at radius 3 is 2.91 bits per heavy atom. The predicted octanol–water partition coefficient (Wildman–Crippen LogP) is 3.80. The normalized spacial score (nSPS) is 16.3. The SMILES string of the molecule is CC1(C)Cc2c(Br)cccc2C(c2cnc3c(F)cnn3c2)=N1. The Morgan fingerprint density at radius 1 is 1.26 bits per heavy atom. The highest BCUT2D eigenvalue weighted by Gasteiger charge is 2.29. The molecule has 0 unspecified atom stereocenters. The highest BCUT2D eigenvalue weighted by Crippen LogP contribution is 2.33. The van der Waals surface area contributed by atoms with Crippen LogP contribution in [0.1, 0.15) is 30.5 Å². The average molecular weight is 373 g/mol. The number of halogens is 2. The average Bonchev–Trinajstić information content (AvgIpc) is 2.88. The van der Waals surface area contributed by atoms with Crippen LogP contribution in [0.3, 0.4) is 0 Å². The Morgan fingerprint density at radius 2 is 2.09 bits per heavy atom. The van der Waals surface area contributed by atoms with Crippen LogP contribution in [-0.2, 0) is 6.42 Å². The Bertz CT molecular complexity index is 958. The van der Waals surface area contributed by atoms with Gasteiger partial charge in [-0.05, 0) is 31.9 Å². The molecule has 4 nitrogen and oxygen atoms in total. The topological polar surface area (TPSA) is 42.5 Å². The van der Waals surface area contributed by atoms with Gasteiger partial charge in [0.15, 0.2) is 11.5 Å². The fraction of sp³-hybridized carbons (Fsp3) is 0.235. The molecule has 0 bridgehead atoms. The van der Waals surface area contributed by atoms with Gasteiger partial charge in [0.25, 0.3) is 0 Å². The van der Waals surface area contributed by atoms with Gasteiger partial charge in [-0.25, -0.2) is 13.9 Å². The first-order chi connectivity index (χ1) is 10.9. The van der Waals surface area contributed by atoms with E-state index in [4.69, 9.17) is 4.99 Å². The van der Waals surface area contributed by atoms with E-state index in [-0.39, 0.29) is 11.2 Å². The third kappa shape index (κ3) is 2.37. The molecule has 0 saturated carbocycles. The molecule has 0 amide bonds. The fourth-order valence-electron chi connectivity index (χ4n) is 2.98. The molecule has 1 aliphatic heterocycles. The maximum absolute atomic E-state index is 13.6. The van der Waals surface area contributed by atoms with Gasteiger partial charge in [0, 0.05) is 28.0 Å². The van der Waals surface area contributed by atoms with Crippen molar-refractivity contribution in [1.29, 1.82) is 0 Å². The molecule has 4 rings (SSSR count). The van der Waals surface area contributed by atoms with Crippen LogP contribution < -0.4 is 0 Å². The summed E-state index contributed by atoms with van der Waals surface area (Å²) in [5.74, 6) is -0.425. The van der Waals surface area contributed by atoms with Crippen molar-refractivity contribution in [3.05, 3.63) is 63.8 Å². The Labute approximate surface area is 141 Å². The zero-order valence-corrected chi connectivity index (χ0v) is 14.3. The summed E-state index contributed by atoms with van der Waals surface area (Å²) in [6, 6.07) is 6.10. The number of aliphatic imine (C=N–C) groups is 1. The molecule has 0 fully saturated rings. The molecule has 2 aromatic heterocycles. The molecule has 3 heterocycles. The van der Waals surface area contributed by atoms with Gasteiger partial charge in [-0.1, -0.05) is 28.1 Å². The lowest BCUT2D eigenvalue weighted by atomic mass is 9.85. The van der Waals surface area contributed by atoms with Crippen molar-refractivity contribution in [2.45, 2.75) is 25.8 Å². The maximum Gasteiger partial charge on any atom is 0.191 e. The van der Waals surface area contributed by atoms with E-state index in [1.165, 1.54) is 16.3 Å². The van der Waals surface area contributed by atoms with Gasteiger partial charge >= 0.3 is 0 Å². The van der Waals surface area contributed by atoms with Gasteiger partial charge in [0.2, 0.25) is 0 Å². The molecule has 1 aliphatic rings. The van der Waals surface area contributed by atoms with Crippen molar-refractivity contribution in [2.75, 3.05) is 0 Å².